The highest BCUT2D eigenvalue weighted by atomic mass is 127. The maximum absolute atomic E-state index is 12.2. The molecule has 118 valence electrons. The van der Waals surface area contributed by atoms with Crippen molar-refractivity contribution < 1.29 is 9.72 Å². The molecule has 2 aliphatic rings. The molecule has 1 aliphatic carbocycles. The number of nitro benzene ring substituents is 1. The molecule has 0 bridgehead atoms. The molecule has 1 amide bonds. The van der Waals surface area contributed by atoms with Gasteiger partial charge in [-0.3, -0.25) is 14.9 Å². The third-order valence-corrected chi connectivity index (χ3v) is 4.88. The van der Waals surface area contributed by atoms with E-state index in [-0.39, 0.29) is 22.4 Å². The second kappa shape index (κ2) is 6.39. The van der Waals surface area contributed by atoms with Gasteiger partial charge in [0.05, 0.1) is 4.92 Å². The smallest absolute Gasteiger partial charge is 0.293 e. The monoisotopic (exact) mass is 415 g/mol. The molecule has 0 spiro atoms. The van der Waals surface area contributed by atoms with E-state index in [0.29, 0.717) is 18.8 Å². The number of hydrogen-bond acceptors (Lipinski definition) is 4. The van der Waals surface area contributed by atoms with Crippen LogP contribution in [-0.2, 0) is 4.79 Å². The first-order valence-electron chi connectivity index (χ1n) is 7.54. The molecule has 1 aromatic carbocycles. The molecule has 0 atom stereocenters. The number of halogens is 1. The first-order valence-corrected chi connectivity index (χ1v) is 8.62. The number of nitrogens with zero attached hydrogens (tertiary/aromatic N) is 3. The van der Waals surface area contributed by atoms with E-state index >= 15 is 0 Å². The van der Waals surface area contributed by atoms with Gasteiger partial charge in [0.2, 0.25) is 5.91 Å². The summed E-state index contributed by atoms with van der Waals surface area (Å²) in [5.41, 5.74) is 0.806. The third kappa shape index (κ3) is 3.34. The Morgan fingerprint density at radius 1 is 1.23 bits per heavy atom. The summed E-state index contributed by atoms with van der Waals surface area (Å²) in [6.45, 7) is 2.80. The molecule has 22 heavy (non-hydrogen) atoms. The molecule has 1 heterocycles. The van der Waals surface area contributed by atoms with Gasteiger partial charge in [-0.15, -0.1) is 0 Å². The van der Waals surface area contributed by atoms with Crippen LogP contribution >= 0.6 is 22.6 Å². The maximum atomic E-state index is 12.2. The summed E-state index contributed by atoms with van der Waals surface area (Å²) in [4.78, 5) is 27.1. The number of hydrogen-bond donors (Lipinski definition) is 0. The number of anilines is 1. The number of carbonyl (C=O) groups excluding carboxylic acids is 1. The molecule has 1 aliphatic heterocycles. The fourth-order valence-electron chi connectivity index (χ4n) is 2.88. The first-order chi connectivity index (χ1) is 10.6. The molecule has 0 N–H and O–H groups in total. The van der Waals surface area contributed by atoms with Crippen LogP contribution in [0.4, 0.5) is 11.4 Å². The second-order valence-corrected chi connectivity index (χ2v) is 7.08. The fraction of sp³-hybridized carbons (Fsp3) is 0.533. The van der Waals surface area contributed by atoms with E-state index in [1.807, 2.05) is 21.9 Å². The summed E-state index contributed by atoms with van der Waals surface area (Å²) in [6.07, 6.45) is 2.88. The van der Waals surface area contributed by atoms with Crippen molar-refractivity contribution in [3.63, 3.8) is 0 Å². The summed E-state index contributed by atoms with van der Waals surface area (Å²) >= 11 is 2.08. The van der Waals surface area contributed by atoms with E-state index in [2.05, 4.69) is 22.6 Å². The van der Waals surface area contributed by atoms with Crippen LogP contribution in [0.5, 0.6) is 0 Å². The van der Waals surface area contributed by atoms with Gasteiger partial charge in [-0.1, -0.05) is 0 Å². The van der Waals surface area contributed by atoms with Gasteiger partial charge in [0.1, 0.15) is 5.69 Å². The minimum Gasteiger partial charge on any atom is -0.364 e. The summed E-state index contributed by atoms with van der Waals surface area (Å²) < 4.78 is 0.855. The van der Waals surface area contributed by atoms with Gasteiger partial charge in [-0.25, -0.2) is 0 Å². The van der Waals surface area contributed by atoms with Gasteiger partial charge in [-0.2, -0.15) is 0 Å². The van der Waals surface area contributed by atoms with E-state index in [9.17, 15) is 14.9 Å². The SMILES string of the molecule is O=C(C1CC1)N1CCCN(c2ccc(I)cc2[N+](=O)[O-])CC1. The fourth-order valence-corrected chi connectivity index (χ4v) is 3.35. The maximum Gasteiger partial charge on any atom is 0.293 e. The summed E-state index contributed by atoms with van der Waals surface area (Å²) in [5.74, 6) is 0.498. The Morgan fingerprint density at radius 2 is 2.00 bits per heavy atom. The molecular formula is C15H18IN3O3. The summed E-state index contributed by atoms with van der Waals surface area (Å²) in [7, 11) is 0. The lowest BCUT2D eigenvalue weighted by Gasteiger charge is -2.23. The number of benzene rings is 1. The normalized spacial score (nSPS) is 19.0. The van der Waals surface area contributed by atoms with Crippen LogP contribution < -0.4 is 4.90 Å². The zero-order valence-corrected chi connectivity index (χ0v) is 14.4. The van der Waals surface area contributed by atoms with Gasteiger partial charge < -0.3 is 9.80 Å². The summed E-state index contributed by atoms with van der Waals surface area (Å²) in [6, 6.07) is 5.31. The molecule has 1 saturated heterocycles. The Bertz CT molecular complexity index is 604. The van der Waals surface area contributed by atoms with Crippen LogP contribution in [0.25, 0.3) is 0 Å². The number of carbonyl (C=O) groups is 1. The Morgan fingerprint density at radius 3 is 2.68 bits per heavy atom. The average Bonchev–Trinajstić information content (AvgIpc) is 3.33. The van der Waals surface area contributed by atoms with Crippen molar-refractivity contribution in [2.75, 3.05) is 31.1 Å². The van der Waals surface area contributed by atoms with Crippen LogP contribution in [0.1, 0.15) is 19.3 Å². The molecular weight excluding hydrogens is 397 g/mol. The van der Waals surface area contributed by atoms with E-state index < -0.39 is 0 Å². The highest BCUT2D eigenvalue weighted by molar-refractivity contribution is 14.1. The van der Waals surface area contributed by atoms with Gasteiger partial charge in [0, 0.05) is 41.7 Å². The number of rotatable bonds is 3. The van der Waals surface area contributed by atoms with E-state index in [0.717, 1.165) is 35.9 Å². The van der Waals surface area contributed by atoms with Crippen LogP contribution in [0.3, 0.4) is 0 Å². The predicted molar refractivity (Wildman–Crippen MR) is 91.9 cm³/mol. The second-order valence-electron chi connectivity index (χ2n) is 5.83. The van der Waals surface area contributed by atoms with Gasteiger partial charge >= 0.3 is 0 Å². The minimum absolute atomic E-state index is 0.147. The Kier molecular flexibility index (Phi) is 4.51. The highest BCUT2D eigenvalue weighted by Crippen LogP contribution is 2.33. The van der Waals surface area contributed by atoms with Crippen molar-refractivity contribution >= 4 is 39.9 Å². The van der Waals surface area contributed by atoms with Crippen molar-refractivity contribution in [2.24, 2.45) is 5.92 Å². The van der Waals surface area contributed by atoms with Crippen LogP contribution in [0.15, 0.2) is 18.2 Å². The molecule has 0 radical (unpaired) electrons. The van der Waals surface area contributed by atoms with Crippen molar-refractivity contribution in [2.45, 2.75) is 19.3 Å². The van der Waals surface area contributed by atoms with Crippen molar-refractivity contribution in [3.05, 3.63) is 31.9 Å². The molecule has 0 unspecified atom stereocenters. The quantitative estimate of drug-likeness (QED) is 0.433. The van der Waals surface area contributed by atoms with Gasteiger partial charge in [-0.05, 0) is 54.0 Å². The average molecular weight is 415 g/mol. The zero-order chi connectivity index (χ0) is 15.7. The molecule has 0 aromatic heterocycles. The van der Waals surface area contributed by atoms with Crippen LogP contribution in [0.2, 0.25) is 0 Å². The molecule has 2 fully saturated rings. The Hall–Kier alpha value is -1.38. The number of amides is 1. The van der Waals surface area contributed by atoms with Crippen molar-refractivity contribution in [3.8, 4) is 0 Å². The lowest BCUT2D eigenvalue weighted by Crippen LogP contribution is -2.36. The van der Waals surface area contributed by atoms with E-state index in [1.54, 1.807) is 6.07 Å². The Labute approximate surface area is 142 Å². The predicted octanol–water partition coefficient (Wildman–Crippen LogP) is 2.65. The Balaban J connectivity index is 1.75. The van der Waals surface area contributed by atoms with Gasteiger partial charge in [0.25, 0.3) is 5.69 Å². The number of nitro groups is 1. The molecule has 1 saturated carbocycles. The van der Waals surface area contributed by atoms with Crippen LogP contribution in [0, 0.1) is 19.6 Å². The third-order valence-electron chi connectivity index (χ3n) is 4.21. The molecule has 1 aromatic rings. The van der Waals surface area contributed by atoms with E-state index in [1.165, 1.54) is 0 Å². The van der Waals surface area contributed by atoms with Gasteiger partial charge in [0.15, 0.2) is 0 Å². The standard InChI is InChI=1S/C15H18IN3O3/c16-12-4-5-13(14(10-12)19(21)22)17-6-1-7-18(9-8-17)15(20)11-2-3-11/h4-5,10-11H,1-3,6-9H2. The molecule has 7 heteroatoms. The lowest BCUT2D eigenvalue weighted by atomic mass is 10.2. The van der Waals surface area contributed by atoms with Crippen LogP contribution in [-0.4, -0.2) is 41.9 Å². The topological polar surface area (TPSA) is 66.7 Å². The largest absolute Gasteiger partial charge is 0.364 e. The minimum atomic E-state index is -0.324. The highest BCUT2D eigenvalue weighted by Gasteiger charge is 2.34. The van der Waals surface area contributed by atoms with Crippen molar-refractivity contribution in [1.82, 2.24) is 4.90 Å². The first kappa shape index (κ1) is 15.5. The zero-order valence-electron chi connectivity index (χ0n) is 12.2. The lowest BCUT2D eigenvalue weighted by molar-refractivity contribution is -0.384. The summed E-state index contributed by atoms with van der Waals surface area (Å²) in [5, 5.41) is 11.3. The van der Waals surface area contributed by atoms with E-state index in [4.69, 9.17) is 0 Å². The molecule has 6 nitrogen and oxygen atoms in total. The van der Waals surface area contributed by atoms with Crippen molar-refractivity contribution in [1.29, 1.82) is 0 Å². The molecule has 3 rings (SSSR count).